The van der Waals surface area contributed by atoms with E-state index >= 15 is 0 Å². The molecule has 0 saturated carbocycles. The molecule has 2 aliphatic heterocycles. The quantitative estimate of drug-likeness (QED) is 0.882. The monoisotopic (exact) mass is 256 g/mol. The van der Waals surface area contributed by atoms with Crippen molar-refractivity contribution in [3.05, 3.63) is 23.4 Å². The van der Waals surface area contributed by atoms with Crippen molar-refractivity contribution in [1.82, 2.24) is 9.88 Å². The summed E-state index contributed by atoms with van der Waals surface area (Å²) in [5, 5.41) is 12.7. The highest BCUT2D eigenvalue weighted by molar-refractivity contribution is 5.55. The van der Waals surface area contributed by atoms with Gasteiger partial charge in [-0.05, 0) is 50.8 Å². The first kappa shape index (κ1) is 12.4. The van der Waals surface area contributed by atoms with Crippen molar-refractivity contribution in [2.24, 2.45) is 0 Å². The van der Waals surface area contributed by atoms with E-state index in [9.17, 15) is 5.26 Å². The highest BCUT2D eigenvalue weighted by Crippen LogP contribution is 2.29. The fourth-order valence-electron chi connectivity index (χ4n) is 3.36. The van der Waals surface area contributed by atoms with Gasteiger partial charge in [0.25, 0.3) is 0 Å². The molecule has 2 unspecified atom stereocenters. The molecule has 1 N–H and O–H groups in total. The van der Waals surface area contributed by atoms with E-state index in [1.165, 1.54) is 32.4 Å². The topological polar surface area (TPSA) is 52.0 Å². The lowest BCUT2D eigenvalue weighted by atomic mass is 9.97. The Hall–Kier alpha value is -1.60. The van der Waals surface area contributed by atoms with Crippen molar-refractivity contribution in [3.8, 4) is 6.07 Å². The van der Waals surface area contributed by atoms with Gasteiger partial charge in [-0.2, -0.15) is 5.26 Å². The van der Waals surface area contributed by atoms with Gasteiger partial charge in [-0.25, -0.2) is 4.98 Å². The second-order valence-corrected chi connectivity index (χ2v) is 5.66. The van der Waals surface area contributed by atoms with E-state index in [2.05, 4.69) is 21.3 Å². The molecule has 3 rings (SSSR count). The third-order valence-electron chi connectivity index (χ3n) is 4.43. The van der Waals surface area contributed by atoms with Crippen LogP contribution in [0.5, 0.6) is 0 Å². The van der Waals surface area contributed by atoms with Gasteiger partial charge in [0.2, 0.25) is 0 Å². The van der Waals surface area contributed by atoms with E-state index in [4.69, 9.17) is 0 Å². The van der Waals surface area contributed by atoms with Gasteiger partial charge in [0, 0.05) is 24.8 Å². The maximum absolute atomic E-state index is 9.24. The summed E-state index contributed by atoms with van der Waals surface area (Å²) in [4.78, 5) is 6.95. The van der Waals surface area contributed by atoms with Crippen molar-refractivity contribution in [3.63, 3.8) is 0 Å². The third-order valence-corrected chi connectivity index (χ3v) is 4.43. The highest BCUT2D eigenvalue weighted by Gasteiger charge is 2.31. The number of rotatable bonds is 2. The predicted molar refractivity (Wildman–Crippen MR) is 74.9 cm³/mol. The van der Waals surface area contributed by atoms with Crippen LogP contribution in [-0.2, 0) is 0 Å². The summed E-state index contributed by atoms with van der Waals surface area (Å²) in [6.45, 7) is 4.41. The number of fused-ring (bicyclic) bond motifs is 1. The van der Waals surface area contributed by atoms with Gasteiger partial charge in [-0.3, -0.25) is 0 Å². The van der Waals surface area contributed by atoms with Crippen LogP contribution >= 0.6 is 0 Å². The fourth-order valence-corrected chi connectivity index (χ4v) is 3.36. The van der Waals surface area contributed by atoms with Gasteiger partial charge < -0.3 is 10.2 Å². The Kier molecular flexibility index (Phi) is 3.39. The SMILES string of the molecule is Cc1ccnc(NC2CCN3CCCC3C2)c1C#N. The van der Waals surface area contributed by atoms with Crippen LogP contribution in [0, 0.1) is 18.3 Å². The minimum Gasteiger partial charge on any atom is -0.366 e. The molecule has 0 bridgehead atoms. The van der Waals surface area contributed by atoms with Crippen LogP contribution < -0.4 is 5.32 Å². The number of piperidine rings is 1. The zero-order valence-electron chi connectivity index (χ0n) is 11.4. The standard InChI is InChI=1S/C15H20N4/c1-11-4-6-17-15(14(11)10-16)18-12-5-8-19-7-2-3-13(19)9-12/h4,6,12-13H,2-3,5,7-9H2,1H3,(H,17,18). The Morgan fingerprint density at radius 2 is 2.32 bits per heavy atom. The number of anilines is 1. The molecule has 2 fully saturated rings. The Morgan fingerprint density at radius 1 is 1.42 bits per heavy atom. The summed E-state index contributed by atoms with van der Waals surface area (Å²) in [7, 11) is 0. The van der Waals surface area contributed by atoms with Crippen LogP contribution in [0.25, 0.3) is 0 Å². The highest BCUT2D eigenvalue weighted by atomic mass is 15.2. The number of nitrogens with zero attached hydrogens (tertiary/aromatic N) is 3. The third kappa shape index (κ3) is 2.43. The van der Waals surface area contributed by atoms with E-state index in [1.807, 2.05) is 13.0 Å². The number of pyridine rings is 1. The van der Waals surface area contributed by atoms with Gasteiger partial charge in [0.1, 0.15) is 11.9 Å². The Bertz CT molecular complexity index is 505. The van der Waals surface area contributed by atoms with E-state index in [0.717, 1.165) is 23.8 Å². The summed E-state index contributed by atoms with van der Waals surface area (Å²) >= 11 is 0. The zero-order valence-corrected chi connectivity index (χ0v) is 11.4. The van der Waals surface area contributed by atoms with Crippen molar-refractivity contribution >= 4 is 5.82 Å². The van der Waals surface area contributed by atoms with E-state index in [1.54, 1.807) is 6.20 Å². The molecule has 2 saturated heterocycles. The van der Waals surface area contributed by atoms with Gasteiger partial charge in [0.15, 0.2) is 0 Å². The van der Waals surface area contributed by atoms with Crippen LogP contribution in [0.2, 0.25) is 0 Å². The van der Waals surface area contributed by atoms with Crippen LogP contribution in [0.3, 0.4) is 0 Å². The smallest absolute Gasteiger partial charge is 0.144 e. The molecule has 3 heterocycles. The second kappa shape index (κ2) is 5.18. The molecule has 19 heavy (non-hydrogen) atoms. The van der Waals surface area contributed by atoms with Crippen molar-refractivity contribution < 1.29 is 0 Å². The number of aryl methyl sites for hydroxylation is 1. The molecule has 2 atom stereocenters. The van der Waals surface area contributed by atoms with Gasteiger partial charge in [-0.15, -0.1) is 0 Å². The van der Waals surface area contributed by atoms with Crippen molar-refractivity contribution in [2.45, 2.75) is 44.7 Å². The number of nitrogens with one attached hydrogen (secondary N) is 1. The average Bonchev–Trinajstić information content (AvgIpc) is 2.86. The van der Waals surface area contributed by atoms with E-state index in [0.29, 0.717) is 11.6 Å². The lowest BCUT2D eigenvalue weighted by Crippen LogP contribution is -2.43. The Morgan fingerprint density at radius 3 is 3.16 bits per heavy atom. The molecule has 0 spiro atoms. The lowest BCUT2D eigenvalue weighted by molar-refractivity contribution is 0.188. The zero-order chi connectivity index (χ0) is 13.2. The summed E-state index contributed by atoms with van der Waals surface area (Å²) in [6.07, 6.45) is 6.77. The second-order valence-electron chi connectivity index (χ2n) is 5.66. The molecular weight excluding hydrogens is 236 g/mol. The molecule has 4 heteroatoms. The molecule has 0 aromatic carbocycles. The number of nitriles is 1. The number of hydrogen-bond donors (Lipinski definition) is 1. The molecule has 1 aromatic rings. The molecule has 1 aromatic heterocycles. The number of aromatic nitrogens is 1. The summed E-state index contributed by atoms with van der Waals surface area (Å²) in [5.41, 5.74) is 1.69. The minimum atomic E-state index is 0.459. The largest absolute Gasteiger partial charge is 0.366 e. The summed E-state index contributed by atoms with van der Waals surface area (Å²) < 4.78 is 0. The Balaban J connectivity index is 1.72. The maximum atomic E-state index is 9.24. The normalized spacial score (nSPS) is 26.7. The fraction of sp³-hybridized carbons (Fsp3) is 0.600. The predicted octanol–water partition coefficient (Wildman–Crippen LogP) is 2.30. The molecule has 0 amide bonds. The van der Waals surface area contributed by atoms with Crippen molar-refractivity contribution in [1.29, 1.82) is 5.26 Å². The van der Waals surface area contributed by atoms with Crippen molar-refractivity contribution in [2.75, 3.05) is 18.4 Å². The molecule has 100 valence electrons. The molecular formula is C15H20N4. The first-order valence-electron chi connectivity index (χ1n) is 7.14. The minimum absolute atomic E-state index is 0.459. The van der Waals surface area contributed by atoms with Crippen LogP contribution in [0.15, 0.2) is 12.3 Å². The molecule has 4 nitrogen and oxygen atoms in total. The van der Waals surface area contributed by atoms with Gasteiger partial charge in [-0.1, -0.05) is 0 Å². The lowest BCUT2D eigenvalue weighted by Gasteiger charge is -2.35. The van der Waals surface area contributed by atoms with Crippen LogP contribution in [0.1, 0.15) is 36.8 Å². The van der Waals surface area contributed by atoms with E-state index in [-0.39, 0.29) is 0 Å². The first-order valence-corrected chi connectivity index (χ1v) is 7.14. The van der Waals surface area contributed by atoms with Gasteiger partial charge in [0.05, 0.1) is 5.56 Å². The van der Waals surface area contributed by atoms with Crippen LogP contribution in [-0.4, -0.2) is 35.1 Å². The summed E-state index contributed by atoms with van der Waals surface area (Å²) in [5.74, 6) is 0.763. The average molecular weight is 256 g/mol. The molecule has 2 aliphatic rings. The molecule has 0 aliphatic carbocycles. The maximum Gasteiger partial charge on any atom is 0.144 e. The Labute approximate surface area is 114 Å². The first-order chi connectivity index (χ1) is 9.28. The van der Waals surface area contributed by atoms with E-state index < -0.39 is 0 Å². The number of hydrogen-bond acceptors (Lipinski definition) is 4. The van der Waals surface area contributed by atoms with Crippen LogP contribution in [0.4, 0.5) is 5.82 Å². The summed E-state index contributed by atoms with van der Waals surface area (Å²) in [6, 6.07) is 5.35. The molecule has 0 radical (unpaired) electrons. The van der Waals surface area contributed by atoms with Gasteiger partial charge >= 0.3 is 0 Å².